The van der Waals surface area contributed by atoms with Crippen molar-refractivity contribution in [1.82, 2.24) is 9.80 Å². The van der Waals surface area contributed by atoms with Crippen LogP contribution in [-0.4, -0.2) is 49.4 Å². The van der Waals surface area contributed by atoms with Crippen molar-refractivity contribution in [3.63, 3.8) is 0 Å². The van der Waals surface area contributed by atoms with Crippen molar-refractivity contribution in [2.45, 2.75) is 19.2 Å². The van der Waals surface area contributed by atoms with Gasteiger partial charge in [-0.3, -0.25) is 4.79 Å². The molecule has 0 spiro atoms. The summed E-state index contributed by atoms with van der Waals surface area (Å²) in [5.41, 5.74) is 1.71. The van der Waals surface area contributed by atoms with E-state index < -0.39 is 0 Å². The summed E-state index contributed by atoms with van der Waals surface area (Å²) in [7, 11) is 4.09. The Bertz CT molecular complexity index is 407. The van der Waals surface area contributed by atoms with Gasteiger partial charge in [-0.2, -0.15) is 0 Å². The van der Waals surface area contributed by atoms with Crippen molar-refractivity contribution < 1.29 is 4.79 Å². The van der Waals surface area contributed by atoms with Gasteiger partial charge in [0.05, 0.1) is 0 Å². The topological polar surface area (TPSA) is 23.6 Å². The third-order valence-electron chi connectivity index (χ3n) is 3.03. The highest BCUT2D eigenvalue weighted by atomic mass is 35.5. The number of carbonyl (C=O) groups is 1. The Morgan fingerprint density at radius 3 is 2.58 bits per heavy atom. The zero-order valence-corrected chi connectivity index (χ0v) is 12.8. The van der Waals surface area contributed by atoms with Gasteiger partial charge in [0.1, 0.15) is 0 Å². The molecular formula is C15H23ClN2O. The van der Waals surface area contributed by atoms with E-state index in [2.05, 4.69) is 4.90 Å². The third-order valence-corrected chi connectivity index (χ3v) is 3.34. The molecule has 0 radical (unpaired) electrons. The molecule has 1 rings (SSSR count). The largest absolute Gasteiger partial charge is 0.339 e. The van der Waals surface area contributed by atoms with Gasteiger partial charge in [0.2, 0.25) is 0 Å². The molecule has 0 bridgehead atoms. The maximum atomic E-state index is 12.4. The van der Waals surface area contributed by atoms with Crippen LogP contribution in [-0.2, 0) is 5.88 Å². The maximum Gasteiger partial charge on any atom is 0.253 e. The minimum absolute atomic E-state index is 0.0909. The zero-order chi connectivity index (χ0) is 14.3. The van der Waals surface area contributed by atoms with Crippen LogP contribution in [0.1, 0.15) is 29.3 Å². The number of nitrogens with zero attached hydrogens (tertiary/aromatic N) is 2. The number of halogens is 1. The van der Waals surface area contributed by atoms with Crippen molar-refractivity contribution in [2.75, 3.05) is 33.7 Å². The highest BCUT2D eigenvalue weighted by Crippen LogP contribution is 2.11. The molecule has 1 amide bonds. The van der Waals surface area contributed by atoms with Crippen molar-refractivity contribution >= 4 is 17.5 Å². The van der Waals surface area contributed by atoms with Gasteiger partial charge in [-0.25, -0.2) is 0 Å². The number of rotatable bonds is 7. The molecule has 1 aromatic rings. The molecule has 0 heterocycles. The molecule has 0 saturated heterocycles. The number of hydrogen-bond donors (Lipinski definition) is 0. The molecule has 4 heteroatoms. The van der Waals surface area contributed by atoms with Gasteiger partial charge in [0.15, 0.2) is 0 Å². The second kappa shape index (κ2) is 8.18. The second-order valence-electron chi connectivity index (χ2n) is 4.88. The minimum atomic E-state index is 0.0909. The molecule has 0 N–H and O–H groups in total. The lowest BCUT2D eigenvalue weighted by Gasteiger charge is -2.22. The number of carbonyl (C=O) groups excluding carboxylic acids is 1. The average molecular weight is 283 g/mol. The van der Waals surface area contributed by atoms with Crippen LogP contribution in [0.5, 0.6) is 0 Å². The minimum Gasteiger partial charge on any atom is -0.339 e. The molecule has 0 saturated carbocycles. The Morgan fingerprint density at radius 2 is 2.00 bits per heavy atom. The van der Waals surface area contributed by atoms with E-state index in [1.165, 1.54) is 0 Å². The fraction of sp³-hybridized carbons (Fsp3) is 0.533. The second-order valence-corrected chi connectivity index (χ2v) is 5.14. The van der Waals surface area contributed by atoms with E-state index in [1.807, 2.05) is 50.2 Å². The van der Waals surface area contributed by atoms with E-state index in [0.717, 1.165) is 37.2 Å². The summed E-state index contributed by atoms with van der Waals surface area (Å²) in [5, 5.41) is 0. The Morgan fingerprint density at radius 1 is 1.26 bits per heavy atom. The highest BCUT2D eigenvalue weighted by molar-refractivity contribution is 6.17. The van der Waals surface area contributed by atoms with Crippen LogP contribution < -0.4 is 0 Å². The van der Waals surface area contributed by atoms with E-state index in [1.54, 1.807) is 0 Å². The van der Waals surface area contributed by atoms with Crippen molar-refractivity contribution in [3.8, 4) is 0 Å². The summed E-state index contributed by atoms with van der Waals surface area (Å²) >= 11 is 5.81. The summed E-state index contributed by atoms with van der Waals surface area (Å²) < 4.78 is 0. The lowest BCUT2D eigenvalue weighted by molar-refractivity contribution is 0.0759. The molecule has 0 aromatic heterocycles. The summed E-state index contributed by atoms with van der Waals surface area (Å²) in [4.78, 5) is 16.4. The van der Waals surface area contributed by atoms with Crippen LogP contribution in [0.2, 0.25) is 0 Å². The third kappa shape index (κ3) is 5.21. The molecule has 106 valence electrons. The lowest BCUT2D eigenvalue weighted by Crippen LogP contribution is -2.33. The SMILES string of the molecule is CCN(CCCN(C)C)C(=O)c1cccc(CCl)c1. The molecule has 0 aliphatic carbocycles. The van der Waals surface area contributed by atoms with Gasteiger partial charge in [0.25, 0.3) is 5.91 Å². The smallest absolute Gasteiger partial charge is 0.253 e. The molecule has 1 aromatic carbocycles. The quantitative estimate of drug-likeness (QED) is 0.718. The number of amides is 1. The Balaban J connectivity index is 2.66. The lowest BCUT2D eigenvalue weighted by atomic mass is 10.1. The van der Waals surface area contributed by atoms with Crippen LogP contribution in [0, 0.1) is 0 Å². The van der Waals surface area contributed by atoms with E-state index >= 15 is 0 Å². The van der Waals surface area contributed by atoms with Gasteiger partial charge >= 0.3 is 0 Å². The molecular weight excluding hydrogens is 260 g/mol. The summed E-state index contributed by atoms with van der Waals surface area (Å²) in [6.45, 7) is 4.53. The van der Waals surface area contributed by atoms with E-state index in [-0.39, 0.29) is 5.91 Å². The number of benzene rings is 1. The molecule has 0 fully saturated rings. The first-order valence-corrected chi connectivity index (χ1v) is 7.20. The van der Waals surface area contributed by atoms with Crippen LogP contribution in [0.25, 0.3) is 0 Å². The van der Waals surface area contributed by atoms with Crippen LogP contribution in [0.15, 0.2) is 24.3 Å². The Hall–Kier alpha value is -1.06. The van der Waals surface area contributed by atoms with Gasteiger partial charge in [-0.15, -0.1) is 11.6 Å². The first-order chi connectivity index (χ1) is 9.08. The fourth-order valence-electron chi connectivity index (χ4n) is 1.95. The molecule has 0 aliphatic rings. The average Bonchev–Trinajstić information content (AvgIpc) is 2.42. The normalized spacial score (nSPS) is 10.8. The Labute approximate surface area is 121 Å². The van der Waals surface area contributed by atoms with Crippen molar-refractivity contribution in [3.05, 3.63) is 35.4 Å². The highest BCUT2D eigenvalue weighted by Gasteiger charge is 2.13. The zero-order valence-electron chi connectivity index (χ0n) is 12.0. The van der Waals surface area contributed by atoms with Crippen LogP contribution in [0.3, 0.4) is 0 Å². The van der Waals surface area contributed by atoms with Crippen LogP contribution in [0.4, 0.5) is 0 Å². The van der Waals surface area contributed by atoms with E-state index in [0.29, 0.717) is 5.88 Å². The molecule has 0 unspecified atom stereocenters. The standard InChI is InChI=1S/C15H23ClN2O/c1-4-18(10-6-9-17(2)3)15(19)14-8-5-7-13(11-14)12-16/h5,7-8,11H,4,6,9-10,12H2,1-3H3. The fourth-order valence-corrected chi connectivity index (χ4v) is 2.12. The van der Waals surface area contributed by atoms with Gasteiger partial charge in [-0.05, 0) is 51.7 Å². The predicted octanol–water partition coefficient (Wildman–Crippen LogP) is 2.84. The summed E-state index contributed by atoms with van der Waals surface area (Å²) in [6, 6.07) is 7.56. The summed E-state index contributed by atoms with van der Waals surface area (Å²) in [6.07, 6.45) is 0.988. The van der Waals surface area contributed by atoms with E-state index in [9.17, 15) is 4.79 Å². The molecule has 0 aliphatic heterocycles. The van der Waals surface area contributed by atoms with Gasteiger partial charge in [0, 0.05) is 24.5 Å². The molecule has 0 atom stereocenters. The Kier molecular flexibility index (Phi) is 6.89. The first kappa shape index (κ1) is 16.0. The maximum absolute atomic E-state index is 12.4. The molecule has 19 heavy (non-hydrogen) atoms. The van der Waals surface area contributed by atoms with Crippen LogP contribution >= 0.6 is 11.6 Å². The summed E-state index contributed by atoms with van der Waals surface area (Å²) in [5.74, 6) is 0.529. The predicted molar refractivity (Wildman–Crippen MR) is 80.7 cm³/mol. The van der Waals surface area contributed by atoms with Gasteiger partial charge in [-0.1, -0.05) is 12.1 Å². The van der Waals surface area contributed by atoms with E-state index in [4.69, 9.17) is 11.6 Å². The number of hydrogen-bond acceptors (Lipinski definition) is 2. The monoisotopic (exact) mass is 282 g/mol. The van der Waals surface area contributed by atoms with Crippen molar-refractivity contribution in [2.24, 2.45) is 0 Å². The number of alkyl halides is 1. The van der Waals surface area contributed by atoms with Crippen molar-refractivity contribution in [1.29, 1.82) is 0 Å². The molecule has 3 nitrogen and oxygen atoms in total. The van der Waals surface area contributed by atoms with Gasteiger partial charge < -0.3 is 9.80 Å². The first-order valence-electron chi connectivity index (χ1n) is 6.67.